The van der Waals surface area contributed by atoms with Gasteiger partial charge >= 0.3 is 5.97 Å². The lowest BCUT2D eigenvalue weighted by Gasteiger charge is -2.37. The van der Waals surface area contributed by atoms with Gasteiger partial charge in [-0.3, -0.25) is 9.59 Å². The Kier molecular flexibility index (Phi) is 4.83. The van der Waals surface area contributed by atoms with Crippen molar-refractivity contribution >= 4 is 11.9 Å². The van der Waals surface area contributed by atoms with Crippen LogP contribution < -0.4 is 0 Å². The molecule has 1 aliphatic carbocycles. The van der Waals surface area contributed by atoms with E-state index in [2.05, 4.69) is 0 Å². The van der Waals surface area contributed by atoms with Gasteiger partial charge in [0.05, 0.1) is 5.92 Å². The van der Waals surface area contributed by atoms with Gasteiger partial charge in [-0.2, -0.15) is 0 Å². The second kappa shape index (κ2) is 6.40. The normalized spacial score (nSPS) is 29.2. The summed E-state index contributed by atoms with van der Waals surface area (Å²) in [6.45, 7) is 2.70. The Balaban J connectivity index is 1.94. The molecule has 1 saturated carbocycles. The molecule has 0 radical (unpaired) electrons. The lowest BCUT2D eigenvalue weighted by atomic mass is 9.78. The van der Waals surface area contributed by atoms with Crippen molar-refractivity contribution in [3.05, 3.63) is 0 Å². The molecule has 0 aromatic heterocycles. The van der Waals surface area contributed by atoms with Crippen molar-refractivity contribution in [3.8, 4) is 0 Å². The zero-order valence-electron chi connectivity index (χ0n) is 11.8. The van der Waals surface area contributed by atoms with E-state index in [-0.39, 0.29) is 11.8 Å². The number of carbonyl (C=O) groups excluding carboxylic acids is 1. The fourth-order valence-electron chi connectivity index (χ4n) is 3.70. The summed E-state index contributed by atoms with van der Waals surface area (Å²) in [4.78, 5) is 24.5. The van der Waals surface area contributed by atoms with Gasteiger partial charge in [0.25, 0.3) is 0 Å². The molecular formula is C15H25NO3. The summed E-state index contributed by atoms with van der Waals surface area (Å²) in [7, 11) is 0. The summed E-state index contributed by atoms with van der Waals surface area (Å²) >= 11 is 0. The van der Waals surface area contributed by atoms with Crippen LogP contribution in [0.2, 0.25) is 0 Å². The fraction of sp³-hybridized carbons (Fsp3) is 0.867. The van der Waals surface area contributed by atoms with Gasteiger partial charge in [0.2, 0.25) is 5.91 Å². The summed E-state index contributed by atoms with van der Waals surface area (Å²) in [6.07, 6.45) is 8.40. The van der Waals surface area contributed by atoms with Crippen LogP contribution in [0.15, 0.2) is 0 Å². The molecule has 19 heavy (non-hydrogen) atoms. The van der Waals surface area contributed by atoms with Gasteiger partial charge in [-0.05, 0) is 24.7 Å². The van der Waals surface area contributed by atoms with Crippen molar-refractivity contribution in [2.24, 2.45) is 17.8 Å². The summed E-state index contributed by atoms with van der Waals surface area (Å²) in [5.74, 6) is 0.0207. The van der Waals surface area contributed by atoms with E-state index < -0.39 is 5.97 Å². The first kappa shape index (κ1) is 14.4. The monoisotopic (exact) mass is 267 g/mol. The van der Waals surface area contributed by atoms with Crippen LogP contribution in [0.4, 0.5) is 0 Å². The molecule has 1 heterocycles. The Hall–Kier alpha value is -1.06. The molecule has 2 rings (SSSR count). The summed E-state index contributed by atoms with van der Waals surface area (Å²) in [6, 6.07) is 0. The van der Waals surface area contributed by atoms with Gasteiger partial charge in [0, 0.05) is 20.0 Å². The van der Waals surface area contributed by atoms with Crippen LogP contribution in [0, 0.1) is 17.8 Å². The van der Waals surface area contributed by atoms with Crippen LogP contribution in [-0.4, -0.2) is 35.0 Å². The molecule has 4 heteroatoms. The van der Waals surface area contributed by atoms with Crippen molar-refractivity contribution in [1.29, 1.82) is 0 Å². The van der Waals surface area contributed by atoms with E-state index in [1.54, 1.807) is 11.8 Å². The van der Waals surface area contributed by atoms with Gasteiger partial charge in [-0.1, -0.05) is 32.1 Å². The number of carbonyl (C=O) groups is 2. The average Bonchev–Trinajstić information content (AvgIpc) is 2.39. The molecule has 108 valence electrons. The third-order valence-corrected chi connectivity index (χ3v) is 4.72. The lowest BCUT2D eigenvalue weighted by Crippen LogP contribution is -2.45. The van der Waals surface area contributed by atoms with Crippen molar-refractivity contribution in [2.45, 2.75) is 51.9 Å². The molecule has 1 aliphatic heterocycles. The molecule has 1 saturated heterocycles. The number of aliphatic carboxylic acids is 1. The molecule has 1 amide bonds. The summed E-state index contributed by atoms with van der Waals surface area (Å²) in [5.41, 5.74) is 0. The summed E-state index contributed by atoms with van der Waals surface area (Å²) < 4.78 is 0. The first-order valence-corrected chi connectivity index (χ1v) is 7.54. The molecule has 2 fully saturated rings. The maximum absolute atomic E-state index is 11.5. The highest BCUT2D eigenvalue weighted by Crippen LogP contribution is 2.33. The molecular weight excluding hydrogens is 242 g/mol. The Morgan fingerprint density at radius 3 is 2.37 bits per heavy atom. The van der Waals surface area contributed by atoms with Crippen LogP contribution >= 0.6 is 0 Å². The van der Waals surface area contributed by atoms with E-state index in [4.69, 9.17) is 0 Å². The van der Waals surface area contributed by atoms with Crippen molar-refractivity contribution in [2.75, 3.05) is 13.1 Å². The van der Waals surface area contributed by atoms with E-state index >= 15 is 0 Å². The van der Waals surface area contributed by atoms with E-state index in [1.165, 1.54) is 32.1 Å². The lowest BCUT2D eigenvalue weighted by molar-refractivity contribution is -0.146. The van der Waals surface area contributed by atoms with Crippen LogP contribution in [0.25, 0.3) is 0 Å². The maximum Gasteiger partial charge on any atom is 0.308 e. The Morgan fingerprint density at radius 2 is 1.79 bits per heavy atom. The highest BCUT2D eigenvalue weighted by molar-refractivity contribution is 5.76. The van der Waals surface area contributed by atoms with Gasteiger partial charge in [-0.25, -0.2) is 0 Å². The number of hydrogen-bond donors (Lipinski definition) is 1. The van der Waals surface area contributed by atoms with Crippen molar-refractivity contribution in [3.63, 3.8) is 0 Å². The molecule has 0 bridgehead atoms. The Bertz CT molecular complexity index is 314. The van der Waals surface area contributed by atoms with E-state index in [9.17, 15) is 14.7 Å². The second-order valence-electron chi connectivity index (χ2n) is 6.30. The molecule has 2 unspecified atom stereocenters. The third-order valence-electron chi connectivity index (χ3n) is 4.72. The first-order chi connectivity index (χ1) is 9.06. The maximum atomic E-state index is 11.5. The number of carboxylic acid groups (broad SMARTS) is 1. The van der Waals surface area contributed by atoms with E-state index in [0.29, 0.717) is 12.5 Å². The molecule has 4 nitrogen and oxygen atoms in total. The zero-order valence-corrected chi connectivity index (χ0v) is 11.8. The number of nitrogens with zero attached hydrogens (tertiary/aromatic N) is 1. The van der Waals surface area contributed by atoms with Gasteiger partial charge in [0.1, 0.15) is 0 Å². The molecule has 0 aromatic carbocycles. The van der Waals surface area contributed by atoms with Gasteiger partial charge in [-0.15, -0.1) is 0 Å². The first-order valence-electron chi connectivity index (χ1n) is 7.54. The largest absolute Gasteiger partial charge is 0.481 e. The minimum Gasteiger partial charge on any atom is -0.481 e. The van der Waals surface area contributed by atoms with Crippen LogP contribution in [0.5, 0.6) is 0 Å². The second-order valence-corrected chi connectivity index (χ2v) is 6.30. The average molecular weight is 267 g/mol. The quantitative estimate of drug-likeness (QED) is 0.855. The van der Waals surface area contributed by atoms with Gasteiger partial charge < -0.3 is 10.0 Å². The fourth-order valence-corrected chi connectivity index (χ4v) is 3.70. The number of rotatable bonds is 3. The SMILES string of the molecule is CC(=O)N1CC(CC2CCCCC2)CC(C(=O)O)C1. The predicted octanol–water partition coefficient (Wildman–Crippen LogP) is 2.53. The van der Waals surface area contributed by atoms with Crippen molar-refractivity contribution < 1.29 is 14.7 Å². The standard InChI is InChI=1S/C15H25NO3/c1-11(17)16-9-13(8-14(10-16)15(18)19)7-12-5-3-2-4-6-12/h12-14H,2-10H2,1H3,(H,18,19). The molecule has 0 aromatic rings. The minimum atomic E-state index is -0.750. The minimum absolute atomic E-state index is 0.0135. The molecule has 2 aliphatic rings. The zero-order chi connectivity index (χ0) is 13.8. The smallest absolute Gasteiger partial charge is 0.308 e. The van der Waals surface area contributed by atoms with Crippen LogP contribution in [0.1, 0.15) is 51.9 Å². The van der Waals surface area contributed by atoms with Crippen LogP contribution in [0.3, 0.4) is 0 Å². The predicted molar refractivity (Wildman–Crippen MR) is 72.7 cm³/mol. The highest BCUT2D eigenvalue weighted by Gasteiger charge is 2.33. The molecule has 1 N–H and O–H groups in total. The number of carboxylic acids is 1. The molecule has 2 atom stereocenters. The molecule has 0 spiro atoms. The number of likely N-dealkylation sites (tertiary alicyclic amines) is 1. The number of amides is 1. The van der Waals surface area contributed by atoms with E-state index in [1.807, 2.05) is 0 Å². The van der Waals surface area contributed by atoms with Crippen molar-refractivity contribution in [1.82, 2.24) is 4.90 Å². The number of hydrogen-bond acceptors (Lipinski definition) is 2. The highest BCUT2D eigenvalue weighted by atomic mass is 16.4. The number of piperidine rings is 1. The topological polar surface area (TPSA) is 57.6 Å². The van der Waals surface area contributed by atoms with E-state index in [0.717, 1.165) is 25.3 Å². The Morgan fingerprint density at radius 1 is 1.11 bits per heavy atom. The Labute approximate surface area is 115 Å². The van der Waals surface area contributed by atoms with Gasteiger partial charge in [0.15, 0.2) is 0 Å². The third kappa shape index (κ3) is 3.95. The van der Waals surface area contributed by atoms with Crippen LogP contribution in [-0.2, 0) is 9.59 Å². The summed E-state index contributed by atoms with van der Waals surface area (Å²) in [5, 5.41) is 9.22.